The molecule has 19 heavy (non-hydrogen) atoms. The van der Waals surface area contributed by atoms with Crippen molar-refractivity contribution >= 4 is 0 Å². The monoisotopic (exact) mass is 258 g/mol. The molecule has 0 aliphatic carbocycles. The van der Waals surface area contributed by atoms with Crippen molar-refractivity contribution < 1.29 is 4.74 Å². The minimum Gasteiger partial charge on any atom is -0.491 e. The highest BCUT2D eigenvalue weighted by molar-refractivity contribution is 5.40. The molecule has 1 aromatic carbocycles. The van der Waals surface area contributed by atoms with Gasteiger partial charge in [-0.25, -0.2) is 0 Å². The Labute approximate surface area is 115 Å². The summed E-state index contributed by atoms with van der Waals surface area (Å²) in [6.07, 6.45) is 0.198. The van der Waals surface area contributed by atoms with E-state index >= 15 is 0 Å². The molecule has 1 heterocycles. The van der Waals surface area contributed by atoms with E-state index in [9.17, 15) is 0 Å². The second kappa shape index (κ2) is 7.18. The van der Waals surface area contributed by atoms with Gasteiger partial charge in [-0.2, -0.15) is 0 Å². The van der Waals surface area contributed by atoms with Gasteiger partial charge in [-0.3, -0.25) is 4.90 Å². The molecular formula is C16H22N2O. The molecule has 0 unspecified atom stereocenters. The molecular weight excluding hydrogens is 236 g/mol. The van der Waals surface area contributed by atoms with Gasteiger partial charge in [-0.1, -0.05) is 17.9 Å². The lowest BCUT2D eigenvalue weighted by Gasteiger charge is -2.24. The predicted octanol–water partition coefficient (Wildman–Crippen LogP) is 1.73. The van der Waals surface area contributed by atoms with Gasteiger partial charge in [0.05, 0.1) is 12.6 Å². The SMILES string of the molecule is CC(C)Oc1cccc(C#CCN2CCNCC2)c1. The minimum absolute atomic E-state index is 0.198. The third-order valence-corrected chi connectivity index (χ3v) is 2.95. The average Bonchev–Trinajstić information content (AvgIpc) is 2.40. The molecule has 0 atom stereocenters. The third-order valence-electron chi connectivity index (χ3n) is 2.95. The number of ether oxygens (including phenoxy) is 1. The highest BCUT2D eigenvalue weighted by atomic mass is 16.5. The van der Waals surface area contributed by atoms with Crippen molar-refractivity contribution in [3.8, 4) is 17.6 Å². The molecule has 0 bridgehead atoms. The van der Waals surface area contributed by atoms with Crippen LogP contribution in [0.25, 0.3) is 0 Å². The summed E-state index contributed by atoms with van der Waals surface area (Å²) in [4.78, 5) is 2.37. The number of rotatable bonds is 3. The minimum atomic E-state index is 0.198. The van der Waals surface area contributed by atoms with E-state index in [1.54, 1.807) is 0 Å². The van der Waals surface area contributed by atoms with E-state index in [1.807, 2.05) is 38.1 Å². The van der Waals surface area contributed by atoms with Gasteiger partial charge in [-0.15, -0.1) is 0 Å². The quantitative estimate of drug-likeness (QED) is 0.836. The summed E-state index contributed by atoms with van der Waals surface area (Å²) in [6.45, 7) is 9.22. The Morgan fingerprint density at radius 2 is 2.11 bits per heavy atom. The molecule has 3 nitrogen and oxygen atoms in total. The standard InChI is InChI=1S/C16H22N2O/c1-14(2)19-16-7-3-5-15(13-16)6-4-10-18-11-8-17-9-12-18/h3,5,7,13-14,17H,8-12H2,1-2H3. The van der Waals surface area contributed by atoms with Crippen LogP contribution in [0.5, 0.6) is 5.75 Å². The Morgan fingerprint density at radius 1 is 1.32 bits per heavy atom. The smallest absolute Gasteiger partial charge is 0.120 e. The Kier molecular flexibility index (Phi) is 5.26. The van der Waals surface area contributed by atoms with Crippen LogP contribution in [0.4, 0.5) is 0 Å². The fourth-order valence-electron chi connectivity index (χ4n) is 2.04. The summed E-state index contributed by atoms with van der Waals surface area (Å²) < 4.78 is 5.66. The van der Waals surface area contributed by atoms with E-state index in [1.165, 1.54) is 0 Å². The van der Waals surface area contributed by atoms with Crippen molar-refractivity contribution in [2.24, 2.45) is 0 Å². The van der Waals surface area contributed by atoms with E-state index in [-0.39, 0.29) is 6.10 Å². The largest absolute Gasteiger partial charge is 0.491 e. The van der Waals surface area contributed by atoms with Gasteiger partial charge >= 0.3 is 0 Å². The Morgan fingerprint density at radius 3 is 2.84 bits per heavy atom. The summed E-state index contributed by atoms with van der Waals surface area (Å²) in [5.74, 6) is 7.35. The molecule has 0 spiro atoms. The molecule has 1 saturated heterocycles. The lowest BCUT2D eigenvalue weighted by atomic mass is 10.2. The molecule has 0 saturated carbocycles. The van der Waals surface area contributed by atoms with Crippen LogP contribution < -0.4 is 10.1 Å². The Balaban J connectivity index is 1.91. The zero-order valence-corrected chi connectivity index (χ0v) is 11.8. The van der Waals surface area contributed by atoms with Crippen LogP contribution >= 0.6 is 0 Å². The van der Waals surface area contributed by atoms with E-state index in [0.717, 1.165) is 44.0 Å². The first-order chi connectivity index (χ1) is 9.24. The van der Waals surface area contributed by atoms with Gasteiger partial charge in [0.2, 0.25) is 0 Å². The highest BCUT2D eigenvalue weighted by Crippen LogP contribution is 2.14. The van der Waals surface area contributed by atoms with E-state index in [0.29, 0.717) is 0 Å². The molecule has 3 heteroatoms. The number of benzene rings is 1. The van der Waals surface area contributed by atoms with Crippen molar-refractivity contribution in [2.75, 3.05) is 32.7 Å². The van der Waals surface area contributed by atoms with Gasteiger partial charge in [0.15, 0.2) is 0 Å². The number of hydrogen-bond donors (Lipinski definition) is 1. The number of nitrogens with one attached hydrogen (secondary N) is 1. The molecule has 1 aliphatic rings. The molecule has 2 rings (SSSR count). The zero-order chi connectivity index (χ0) is 13.5. The van der Waals surface area contributed by atoms with Crippen LogP contribution in [0.15, 0.2) is 24.3 Å². The highest BCUT2D eigenvalue weighted by Gasteiger charge is 2.06. The van der Waals surface area contributed by atoms with Gasteiger partial charge in [0.25, 0.3) is 0 Å². The van der Waals surface area contributed by atoms with Crippen molar-refractivity contribution in [3.63, 3.8) is 0 Å². The van der Waals surface area contributed by atoms with Gasteiger partial charge in [-0.05, 0) is 32.0 Å². The number of hydrogen-bond acceptors (Lipinski definition) is 3. The summed E-state index contributed by atoms with van der Waals surface area (Å²) in [7, 11) is 0. The maximum atomic E-state index is 5.66. The van der Waals surface area contributed by atoms with Crippen molar-refractivity contribution in [3.05, 3.63) is 29.8 Å². The topological polar surface area (TPSA) is 24.5 Å². The van der Waals surface area contributed by atoms with Crippen molar-refractivity contribution in [1.29, 1.82) is 0 Å². The second-order valence-corrected chi connectivity index (χ2v) is 5.02. The lowest BCUT2D eigenvalue weighted by molar-refractivity contribution is 0.242. The van der Waals surface area contributed by atoms with Crippen molar-refractivity contribution in [2.45, 2.75) is 20.0 Å². The average molecular weight is 258 g/mol. The van der Waals surface area contributed by atoms with E-state index in [2.05, 4.69) is 22.1 Å². The van der Waals surface area contributed by atoms with Crippen LogP contribution in [-0.4, -0.2) is 43.7 Å². The summed E-state index contributed by atoms with van der Waals surface area (Å²) in [5.41, 5.74) is 1.02. The lowest BCUT2D eigenvalue weighted by Crippen LogP contribution is -2.43. The molecule has 1 aliphatic heterocycles. The molecule has 0 aromatic heterocycles. The fraction of sp³-hybridized carbons (Fsp3) is 0.500. The Hall–Kier alpha value is -1.50. The van der Waals surface area contributed by atoms with Gasteiger partial charge < -0.3 is 10.1 Å². The molecule has 0 amide bonds. The van der Waals surface area contributed by atoms with Crippen LogP contribution in [0.2, 0.25) is 0 Å². The van der Waals surface area contributed by atoms with Crippen LogP contribution in [0.3, 0.4) is 0 Å². The van der Waals surface area contributed by atoms with Gasteiger partial charge in [0.1, 0.15) is 5.75 Å². The van der Waals surface area contributed by atoms with E-state index in [4.69, 9.17) is 4.74 Å². The first-order valence-corrected chi connectivity index (χ1v) is 6.93. The summed E-state index contributed by atoms with van der Waals surface area (Å²) in [5, 5.41) is 3.34. The maximum absolute atomic E-state index is 5.66. The normalized spacial score (nSPS) is 15.9. The van der Waals surface area contributed by atoms with Crippen LogP contribution in [0.1, 0.15) is 19.4 Å². The fourth-order valence-corrected chi connectivity index (χ4v) is 2.04. The Bertz CT molecular complexity index is 453. The molecule has 102 valence electrons. The van der Waals surface area contributed by atoms with Crippen molar-refractivity contribution in [1.82, 2.24) is 10.2 Å². The summed E-state index contributed by atoms with van der Waals surface area (Å²) >= 11 is 0. The van der Waals surface area contributed by atoms with Crippen LogP contribution in [-0.2, 0) is 0 Å². The maximum Gasteiger partial charge on any atom is 0.120 e. The molecule has 1 fully saturated rings. The first-order valence-electron chi connectivity index (χ1n) is 6.93. The molecule has 0 radical (unpaired) electrons. The molecule has 1 aromatic rings. The summed E-state index contributed by atoms with van der Waals surface area (Å²) in [6, 6.07) is 8.00. The predicted molar refractivity (Wildman–Crippen MR) is 78.4 cm³/mol. The van der Waals surface area contributed by atoms with Gasteiger partial charge in [0, 0.05) is 31.7 Å². The second-order valence-electron chi connectivity index (χ2n) is 5.02. The van der Waals surface area contributed by atoms with E-state index < -0.39 is 0 Å². The molecule has 1 N–H and O–H groups in total. The first kappa shape index (κ1) is 13.9. The number of nitrogens with zero attached hydrogens (tertiary/aromatic N) is 1. The number of piperazine rings is 1. The zero-order valence-electron chi connectivity index (χ0n) is 11.8. The third kappa shape index (κ3) is 4.94. The van der Waals surface area contributed by atoms with Crippen LogP contribution in [0, 0.1) is 11.8 Å².